The minimum atomic E-state index is -3.41. The molecule has 3 N–H and O–H groups in total. The summed E-state index contributed by atoms with van der Waals surface area (Å²) < 4.78 is 31.1. The summed E-state index contributed by atoms with van der Waals surface area (Å²) in [4.78, 5) is 0. The van der Waals surface area contributed by atoms with Gasteiger partial charge in [-0.3, -0.25) is 0 Å². The molecule has 0 spiro atoms. The van der Waals surface area contributed by atoms with Crippen molar-refractivity contribution < 1.29 is 18.3 Å². The zero-order valence-corrected chi connectivity index (χ0v) is 13.2. The average molecular weight is 316 g/mol. The first-order chi connectivity index (χ1) is 9.99. The Morgan fingerprint density at radius 3 is 2.48 bits per heavy atom. The van der Waals surface area contributed by atoms with Gasteiger partial charge in [-0.05, 0) is 30.7 Å². The molecule has 0 bridgehead atoms. The zero-order valence-electron chi connectivity index (χ0n) is 12.4. The van der Waals surface area contributed by atoms with Crippen molar-refractivity contribution in [1.82, 2.24) is 4.31 Å². The second-order valence-electron chi connectivity index (χ2n) is 4.71. The van der Waals surface area contributed by atoms with Gasteiger partial charge in [-0.25, -0.2) is 8.42 Å². The van der Waals surface area contributed by atoms with Crippen LogP contribution in [0.25, 0.3) is 0 Å². The van der Waals surface area contributed by atoms with Crippen molar-refractivity contribution in [3.05, 3.63) is 24.3 Å². The number of aliphatic hydroxyl groups is 1. The SMILES string of the molecule is CCCCN(CCO)S(=O)(=O)CCOc1ccc(N)cc1. The molecule has 0 radical (unpaired) electrons. The molecule has 0 saturated carbocycles. The molecule has 0 aliphatic heterocycles. The summed E-state index contributed by atoms with van der Waals surface area (Å²) in [6, 6.07) is 6.79. The van der Waals surface area contributed by atoms with E-state index in [1.165, 1.54) is 4.31 Å². The van der Waals surface area contributed by atoms with Crippen molar-refractivity contribution in [2.24, 2.45) is 0 Å². The molecule has 120 valence electrons. The molecule has 0 atom stereocenters. The van der Waals surface area contributed by atoms with Gasteiger partial charge in [0.2, 0.25) is 10.0 Å². The lowest BCUT2D eigenvalue weighted by Gasteiger charge is -2.21. The quantitative estimate of drug-likeness (QED) is 0.630. The second kappa shape index (κ2) is 8.86. The predicted molar refractivity (Wildman–Crippen MR) is 83.7 cm³/mol. The van der Waals surface area contributed by atoms with Gasteiger partial charge in [-0.1, -0.05) is 13.3 Å². The lowest BCUT2D eigenvalue weighted by molar-refractivity contribution is 0.251. The number of nitrogen functional groups attached to an aromatic ring is 1. The van der Waals surface area contributed by atoms with Gasteiger partial charge in [0.1, 0.15) is 12.4 Å². The smallest absolute Gasteiger partial charge is 0.217 e. The predicted octanol–water partition coefficient (Wildman–Crippen LogP) is 1.07. The molecule has 0 aliphatic rings. The molecule has 6 nitrogen and oxygen atoms in total. The van der Waals surface area contributed by atoms with Crippen LogP contribution in [0.5, 0.6) is 5.75 Å². The van der Waals surface area contributed by atoms with E-state index in [-0.39, 0.29) is 25.5 Å². The lowest BCUT2D eigenvalue weighted by atomic mass is 10.3. The number of aliphatic hydroxyl groups excluding tert-OH is 1. The van der Waals surface area contributed by atoms with Gasteiger partial charge in [0.15, 0.2) is 0 Å². The van der Waals surface area contributed by atoms with Crippen LogP contribution >= 0.6 is 0 Å². The number of hydrogen-bond acceptors (Lipinski definition) is 5. The first-order valence-corrected chi connectivity index (χ1v) is 8.67. The molecule has 1 rings (SSSR count). The summed E-state index contributed by atoms with van der Waals surface area (Å²) in [6.45, 7) is 2.45. The number of nitrogens with zero attached hydrogens (tertiary/aromatic N) is 1. The van der Waals surface area contributed by atoms with Gasteiger partial charge in [0.25, 0.3) is 0 Å². The second-order valence-corrected chi connectivity index (χ2v) is 6.80. The Labute approximate surface area is 126 Å². The van der Waals surface area contributed by atoms with Gasteiger partial charge < -0.3 is 15.6 Å². The fourth-order valence-electron chi connectivity index (χ4n) is 1.79. The van der Waals surface area contributed by atoms with E-state index in [1.54, 1.807) is 24.3 Å². The standard InChI is InChI=1S/C14H24N2O4S/c1-2-3-8-16(9-10-17)21(18,19)12-11-20-14-6-4-13(15)5-7-14/h4-7,17H,2-3,8-12,15H2,1H3. The Bertz CT molecular complexity index is 502. The van der Waals surface area contributed by atoms with Crippen molar-refractivity contribution in [3.8, 4) is 5.75 Å². The summed E-state index contributed by atoms with van der Waals surface area (Å²) in [5.41, 5.74) is 6.19. The third-order valence-electron chi connectivity index (χ3n) is 2.99. The molecule has 0 unspecified atom stereocenters. The third kappa shape index (κ3) is 6.33. The van der Waals surface area contributed by atoms with Gasteiger partial charge in [0.05, 0.1) is 12.4 Å². The normalized spacial score (nSPS) is 11.8. The molecule has 0 amide bonds. The van der Waals surface area contributed by atoms with Crippen LogP contribution in [-0.4, -0.2) is 49.9 Å². The third-order valence-corrected chi connectivity index (χ3v) is 4.83. The van der Waals surface area contributed by atoms with Crippen molar-refractivity contribution >= 4 is 15.7 Å². The summed E-state index contributed by atoms with van der Waals surface area (Å²) in [6.07, 6.45) is 1.68. The highest BCUT2D eigenvalue weighted by Gasteiger charge is 2.20. The Hall–Kier alpha value is -1.31. The summed E-state index contributed by atoms with van der Waals surface area (Å²) in [7, 11) is -3.41. The van der Waals surface area contributed by atoms with Crippen LogP contribution < -0.4 is 10.5 Å². The molecule has 0 fully saturated rings. The minimum Gasteiger partial charge on any atom is -0.492 e. The molecule has 21 heavy (non-hydrogen) atoms. The van der Waals surface area contributed by atoms with Gasteiger partial charge in [-0.2, -0.15) is 4.31 Å². The van der Waals surface area contributed by atoms with Gasteiger partial charge in [0, 0.05) is 18.8 Å². The van der Waals surface area contributed by atoms with Crippen molar-refractivity contribution in [1.29, 1.82) is 0 Å². The first kappa shape index (κ1) is 17.7. The average Bonchev–Trinajstić information content (AvgIpc) is 2.45. The van der Waals surface area contributed by atoms with E-state index < -0.39 is 10.0 Å². The molecule has 1 aromatic rings. The molecular weight excluding hydrogens is 292 g/mol. The van der Waals surface area contributed by atoms with E-state index in [0.29, 0.717) is 18.0 Å². The Morgan fingerprint density at radius 1 is 1.24 bits per heavy atom. The molecule has 0 aromatic heterocycles. The maximum Gasteiger partial charge on any atom is 0.217 e. The maximum absolute atomic E-state index is 12.2. The highest BCUT2D eigenvalue weighted by Crippen LogP contribution is 2.13. The fourth-order valence-corrected chi connectivity index (χ4v) is 3.11. The highest BCUT2D eigenvalue weighted by atomic mass is 32.2. The molecule has 0 heterocycles. The number of ether oxygens (including phenoxy) is 1. The van der Waals surface area contributed by atoms with Crippen molar-refractivity contribution in [3.63, 3.8) is 0 Å². The number of benzene rings is 1. The van der Waals surface area contributed by atoms with Crippen LogP contribution in [0.15, 0.2) is 24.3 Å². The van der Waals surface area contributed by atoms with Gasteiger partial charge >= 0.3 is 0 Å². The number of anilines is 1. The number of rotatable bonds is 10. The largest absolute Gasteiger partial charge is 0.492 e. The van der Waals surface area contributed by atoms with Crippen LogP contribution in [0.4, 0.5) is 5.69 Å². The van der Waals surface area contributed by atoms with Crippen molar-refractivity contribution in [2.45, 2.75) is 19.8 Å². The molecule has 0 saturated heterocycles. The molecule has 1 aromatic carbocycles. The number of sulfonamides is 1. The van der Waals surface area contributed by atoms with Crippen LogP contribution in [0.1, 0.15) is 19.8 Å². The van der Waals surface area contributed by atoms with Crippen LogP contribution in [0.3, 0.4) is 0 Å². The summed E-state index contributed by atoms with van der Waals surface area (Å²) in [5, 5.41) is 8.98. The van der Waals surface area contributed by atoms with E-state index >= 15 is 0 Å². The fraction of sp³-hybridized carbons (Fsp3) is 0.571. The number of unbranched alkanes of at least 4 members (excludes halogenated alkanes) is 1. The van der Waals surface area contributed by atoms with Crippen molar-refractivity contribution in [2.75, 3.05) is 37.8 Å². The van der Waals surface area contributed by atoms with E-state index in [9.17, 15) is 8.42 Å². The molecular formula is C14H24N2O4S. The monoisotopic (exact) mass is 316 g/mol. The van der Waals surface area contributed by atoms with Crippen LogP contribution in [-0.2, 0) is 10.0 Å². The van der Waals surface area contributed by atoms with E-state index in [1.807, 2.05) is 6.92 Å². The van der Waals surface area contributed by atoms with Gasteiger partial charge in [-0.15, -0.1) is 0 Å². The first-order valence-electron chi connectivity index (χ1n) is 7.06. The number of hydrogen-bond donors (Lipinski definition) is 2. The maximum atomic E-state index is 12.2. The number of nitrogens with two attached hydrogens (primary N) is 1. The summed E-state index contributed by atoms with van der Waals surface area (Å²) >= 11 is 0. The van der Waals surface area contributed by atoms with E-state index in [2.05, 4.69) is 0 Å². The van der Waals surface area contributed by atoms with Crippen LogP contribution in [0, 0.1) is 0 Å². The topological polar surface area (TPSA) is 92.9 Å². The zero-order chi connectivity index (χ0) is 15.7. The lowest BCUT2D eigenvalue weighted by Crippen LogP contribution is -2.37. The van der Waals surface area contributed by atoms with E-state index in [4.69, 9.17) is 15.6 Å². The minimum absolute atomic E-state index is 0.0697. The molecule has 0 aliphatic carbocycles. The molecule has 7 heteroatoms. The Morgan fingerprint density at radius 2 is 1.90 bits per heavy atom. The van der Waals surface area contributed by atoms with E-state index in [0.717, 1.165) is 12.8 Å². The summed E-state index contributed by atoms with van der Waals surface area (Å²) in [5.74, 6) is 0.475. The Kier molecular flexibility index (Phi) is 7.49. The van der Waals surface area contributed by atoms with Crippen LogP contribution in [0.2, 0.25) is 0 Å². The highest BCUT2D eigenvalue weighted by molar-refractivity contribution is 7.89. The Balaban J connectivity index is 2.51.